The first-order valence-corrected chi connectivity index (χ1v) is 13.8. The summed E-state index contributed by atoms with van der Waals surface area (Å²) >= 11 is 2.53. The zero-order valence-electron chi connectivity index (χ0n) is 22.0. The Morgan fingerprint density at radius 3 is 2.62 bits per heavy atom. The van der Waals surface area contributed by atoms with Crippen molar-refractivity contribution in [2.24, 2.45) is 4.99 Å². The molecule has 0 saturated carbocycles. The second-order valence-corrected chi connectivity index (χ2v) is 11.0. The van der Waals surface area contributed by atoms with Gasteiger partial charge in [0, 0.05) is 18.0 Å². The number of hydrogen-bond acceptors (Lipinski definition) is 10. The highest BCUT2D eigenvalue weighted by Gasteiger charge is 2.33. The van der Waals surface area contributed by atoms with Crippen LogP contribution in [-0.2, 0) is 9.53 Å². The molecule has 1 aliphatic heterocycles. The molecule has 0 saturated heterocycles. The summed E-state index contributed by atoms with van der Waals surface area (Å²) in [4.78, 5) is 40.7. The van der Waals surface area contributed by atoms with Crippen LogP contribution in [0.2, 0.25) is 0 Å². The molecule has 0 bridgehead atoms. The Morgan fingerprint density at radius 2 is 1.92 bits per heavy atom. The van der Waals surface area contributed by atoms with Crippen LogP contribution in [-0.4, -0.2) is 33.7 Å². The Bertz CT molecular complexity index is 1750. The number of methoxy groups -OCH3 is 1. The highest BCUT2D eigenvalue weighted by atomic mass is 32.2. The molecule has 5 rings (SSSR count). The fourth-order valence-electron chi connectivity index (χ4n) is 4.12. The van der Waals surface area contributed by atoms with Crippen LogP contribution < -0.4 is 19.6 Å². The monoisotopic (exact) mass is 562 g/mol. The van der Waals surface area contributed by atoms with E-state index in [2.05, 4.69) is 15.0 Å². The minimum Gasteiger partial charge on any atom is -0.497 e. The predicted octanol–water partition coefficient (Wildman–Crippen LogP) is 4.04. The second kappa shape index (κ2) is 11.0. The van der Waals surface area contributed by atoms with Gasteiger partial charge in [0.05, 0.1) is 35.1 Å². The van der Waals surface area contributed by atoms with Crippen LogP contribution in [0.4, 0.5) is 0 Å². The van der Waals surface area contributed by atoms with E-state index in [4.69, 9.17) is 13.9 Å². The van der Waals surface area contributed by atoms with Gasteiger partial charge >= 0.3 is 5.97 Å². The molecule has 1 aliphatic rings. The minimum absolute atomic E-state index is 0.283. The molecule has 0 amide bonds. The number of esters is 1. The first-order chi connectivity index (χ1) is 18.7. The molecule has 39 heavy (non-hydrogen) atoms. The Balaban J connectivity index is 1.57. The largest absolute Gasteiger partial charge is 0.497 e. The van der Waals surface area contributed by atoms with Crippen LogP contribution in [0.15, 0.2) is 84.4 Å². The fourth-order valence-corrected chi connectivity index (χ4v) is 5.91. The predicted molar refractivity (Wildman–Crippen MR) is 148 cm³/mol. The molecule has 1 aromatic carbocycles. The van der Waals surface area contributed by atoms with Gasteiger partial charge in [-0.2, -0.15) is 0 Å². The summed E-state index contributed by atoms with van der Waals surface area (Å²) in [6.45, 7) is 7.22. The van der Waals surface area contributed by atoms with Gasteiger partial charge in [0.25, 0.3) is 5.56 Å². The van der Waals surface area contributed by atoms with Crippen LogP contribution in [0.3, 0.4) is 0 Å². The van der Waals surface area contributed by atoms with Crippen LogP contribution >= 0.6 is 23.1 Å². The number of furan rings is 1. The Morgan fingerprint density at radius 1 is 1.15 bits per heavy atom. The minimum atomic E-state index is -0.707. The normalized spacial score (nSPS) is 15.3. The number of nitrogens with zero attached hydrogens (tertiary/aromatic N) is 4. The lowest BCUT2D eigenvalue weighted by atomic mass is 9.96. The van der Waals surface area contributed by atoms with Crippen molar-refractivity contribution in [2.75, 3.05) is 7.11 Å². The third-order valence-corrected chi connectivity index (χ3v) is 7.64. The van der Waals surface area contributed by atoms with Gasteiger partial charge in [0.1, 0.15) is 11.5 Å². The number of carbonyl (C=O) groups is 1. The summed E-state index contributed by atoms with van der Waals surface area (Å²) in [6, 6.07) is 12.0. The van der Waals surface area contributed by atoms with E-state index < -0.39 is 12.0 Å². The Labute approximate surface area is 232 Å². The van der Waals surface area contributed by atoms with Crippen molar-refractivity contribution in [2.45, 2.75) is 50.1 Å². The molecule has 4 heterocycles. The second-order valence-electron chi connectivity index (χ2n) is 9.05. The Kier molecular flexibility index (Phi) is 7.53. The average molecular weight is 563 g/mol. The van der Waals surface area contributed by atoms with Crippen LogP contribution in [0.5, 0.6) is 5.75 Å². The molecule has 0 fully saturated rings. The molecular formula is C28H26N4O5S2. The quantitative estimate of drug-likeness (QED) is 0.245. The van der Waals surface area contributed by atoms with E-state index in [0.717, 1.165) is 11.3 Å². The van der Waals surface area contributed by atoms with Gasteiger partial charge in [0.2, 0.25) is 0 Å². The smallest absolute Gasteiger partial charge is 0.338 e. The van der Waals surface area contributed by atoms with E-state index in [-0.39, 0.29) is 11.7 Å². The molecule has 0 radical (unpaired) electrons. The van der Waals surface area contributed by atoms with Crippen molar-refractivity contribution in [3.8, 4) is 5.75 Å². The number of carbonyl (C=O) groups excluding carboxylic acids is 1. The lowest BCUT2D eigenvalue weighted by Crippen LogP contribution is -2.40. The number of aryl methyl sites for hydroxylation is 1. The van der Waals surface area contributed by atoms with Crippen molar-refractivity contribution in [1.82, 2.24) is 14.5 Å². The third kappa shape index (κ3) is 5.59. The van der Waals surface area contributed by atoms with Gasteiger partial charge in [-0.3, -0.25) is 9.36 Å². The summed E-state index contributed by atoms with van der Waals surface area (Å²) in [6.07, 6.45) is 3.05. The van der Waals surface area contributed by atoms with E-state index in [1.54, 1.807) is 62.9 Å². The number of benzene rings is 1. The van der Waals surface area contributed by atoms with E-state index in [1.165, 1.54) is 23.1 Å². The van der Waals surface area contributed by atoms with Crippen molar-refractivity contribution in [1.29, 1.82) is 0 Å². The zero-order chi connectivity index (χ0) is 27.7. The van der Waals surface area contributed by atoms with Crippen molar-refractivity contribution < 1.29 is 18.7 Å². The standard InChI is InChI=1S/C28H26N4O5S2/c1-15(2)36-26(34)23-17(4)31-28-32(24(23)18-6-8-19(35-5)9-7-18)25(33)21(38-28)14-20-10-11-22(37-20)39-27-29-13-12-16(3)30-27/h6-15,24H,1-5H3/b21-14+/t24-/m0/s1. The summed E-state index contributed by atoms with van der Waals surface area (Å²) in [7, 11) is 1.58. The molecule has 3 aromatic heterocycles. The van der Waals surface area contributed by atoms with Crippen molar-refractivity contribution in [3.05, 3.63) is 96.6 Å². The molecule has 200 valence electrons. The number of aromatic nitrogens is 3. The Hall–Kier alpha value is -3.96. The van der Waals surface area contributed by atoms with Gasteiger partial charge in [-0.15, -0.1) is 0 Å². The number of fused-ring (bicyclic) bond motifs is 1. The molecule has 9 nitrogen and oxygen atoms in total. The van der Waals surface area contributed by atoms with Crippen molar-refractivity contribution >= 4 is 35.1 Å². The van der Waals surface area contributed by atoms with Gasteiger partial charge in [-0.1, -0.05) is 23.5 Å². The summed E-state index contributed by atoms with van der Waals surface area (Å²) in [5.41, 5.74) is 2.14. The number of thiazole rings is 1. The molecule has 11 heteroatoms. The van der Waals surface area contributed by atoms with Crippen molar-refractivity contribution in [3.63, 3.8) is 0 Å². The molecule has 0 spiro atoms. The maximum absolute atomic E-state index is 13.8. The SMILES string of the molecule is COc1ccc([C@H]2C(C(=O)OC(C)C)=C(C)N=c3s/c(=C/c4ccc(Sc5nccc(C)n5)o4)c(=O)n32)cc1. The molecule has 1 atom stereocenters. The van der Waals surface area contributed by atoms with E-state index in [9.17, 15) is 9.59 Å². The van der Waals surface area contributed by atoms with E-state index >= 15 is 0 Å². The summed E-state index contributed by atoms with van der Waals surface area (Å²) in [5, 5.41) is 1.18. The molecular weight excluding hydrogens is 536 g/mol. The van der Waals surface area contributed by atoms with Gasteiger partial charge in [-0.25, -0.2) is 19.8 Å². The van der Waals surface area contributed by atoms with Crippen LogP contribution in [0.1, 0.15) is 43.8 Å². The van der Waals surface area contributed by atoms with Crippen LogP contribution in [0, 0.1) is 6.92 Å². The highest BCUT2D eigenvalue weighted by Crippen LogP contribution is 2.32. The van der Waals surface area contributed by atoms with Gasteiger partial charge in [0.15, 0.2) is 15.1 Å². The van der Waals surface area contributed by atoms with Gasteiger partial charge < -0.3 is 13.9 Å². The summed E-state index contributed by atoms with van der Waals surface area (Å²) < 4.78 is 18.8. The number of ether oxygens (including phenoxy) is 2. The molecule has 0 aliphatic carbocycles. The molecule has 0 N–H and O–H groups in total. The first kappa shape index (κ1) is 26.6. The van der Waals surface area contributed by atoms with E-state index in [0.29, 0.717) is 42.4 Å². The maximum Gasteiger partial charge on any atom is 0.338 e. The topological polar surface area (TPSA) is 109 Å². The maximum atomic E-state index is 13.8. The highest BCUT2D eigenvalue weighted by molar-refractivity contribution is 7.99. The first-order valence-electron chi connectivity index (χ1n) is 12.2. The lowest BCUT2D eigenvalue weighted by Gasteiger charge is -2.25. The third-order valence-electron chi connectivity index (χ3n) is 5.86. The zero-order valence-corrected chi connectivity index (χ0v) is 23.6. The van der Waals surface area contributed by atoms with Crippen LogP contribution in [0.25, 0.3) is 6.08 Å². The number of rotatable bonds is 7. The average Bonchev–Trinajstić information content (AvgIpc) is 3.46. The summed E-state index contributed by atoms with van der Waals surface area (Å²) in [5.74, 6) is 0.666. The van der Waals surface area contributed by atoms with Gasteiger partial charge in [-0.05, 0) is 75.4 Å². The number of hydrogen-bond donors (Lipinski definition) is 0. The number of allylic oxidation sites excluding steroid dienone is 1. The molecule has 4 aromatic rings. The van der Waals surface area contributed by atoms with E-state index in [1.807, 2.05) is 31.2 Å². The lowest BCUT2D eigenvalue weighted by molar-refractivity contribution is -0.143. The fraction of sp³-hybridized carbons (Fsp3) is 0.250. The molecule has 0 unspecified atom stereocenters.